The fourth-order valence-electron chi connectivity index (χ4n) is 6.08. The Morgan fingerprint density at radius 1 is 1.02 bits per heavy atom. The minimum Gasteiger partial charge on any atom is -0.362 e. The molecule has 4 aliphatic rings. The number of carbonyl (C=O) groups is 3. The van der Waals surface area contributed by atoms with E-state index in [9.17, 15) is 31.9 Å². The quantitative estimate of drug-likeness (QED) is 0.459. The lowest BCUT2D eigenvalue weighted by Gasteiger charge is -2.36. The summed E-state index contributed by atoms with van der Waals surface area (Å²) in [5.74, 6) is -1.39. The molecule has 40 heavy (non-hydrogen) atoms. The van der Waals surface area contributed by atoms with Crippen LogP contribution in [0.1, 0.15) is 32.1 Å². The number of hydrogen-bond donors (Lipinski definition) is 3. The summed E-state index contributed by atoms with van der Waals surface area (Å²) in [4.78, 5) is 43.9. The lowest BCUT2D eigenvalue weighted by atomic mass is 9.71. The average molecular weight is 587 g/mol. The van der Waals surface area contributed by atoms with Gasteiger partial charge in [0.25, 0.3) is 11.8 Å². The molecule has 3 aliphatic heterocycles. The van der Waals surface area contributed by atoms with E-state index in [4.69, 9.17) is 11.6 Å². The standard InChI is InChI=1S/C26H31ClF4N6O3/c27-18-13-16(28)1-2-19(18)37-8-7-25(24(37)40)5-3-17(4-6-25)34-22(38)20-21(33-15-32-20)23(39)36-11-9-35(10-12-36)14-26(29,30)31/h1-2,13,17,32-33H,3-12,14-15H2,(H,34,38)/t17-,25-. The smallest absolute Gasteiger partial charge is 0.362 e. The number of halogens is 5. The van der Waals surface area contributed by atoms with Crippen molar-refractivity contribution in [2.75, 3.05) is 50.8 Å². The molecule has 3 N–H and O–H groups in total. The highest BCUT2D eigenvalue weighted by atomic mass is 35.5. The maximum Gasteiger partial charge on any atom is 0.401 e. The molecule has 2 saturated heterocycles. The van der Waals surface area contributed by atoms with Gasteiger partial charge in [0.1, 0.15) is 17.2 Å². The predicted octanol–water partition coefficient (Wildman–Crippen LogP) is 2.33. The van der Waals surface area contributed by atoms with E-state index in [1.807, 2.05) is 0 Å². The summed E-state index contributed by atoms with van der Waals surface area (Å²) in [6.07, 6.45) is -1.35. The highest BCUT2D eigenvalue weighted by Crippen LogP contribution is 2.47. The van der Waals surface area contributed by atoms with Crippen molar-refractivity contribution in [3.8, 4) is 0 Å². The largest absolute Gasteiger partial charge is 0.401 e. The van der Waals surface area contributed by atoms with Gasteiger partial charge in [0.2, 0.25) is 5.91 Å². The van der Waals surface area contributed by atoms with Gasteiger partial charge in [-0.05, 0) is 50.3 Å². The van der Waals surface area contributed by atoms with Crippen molar-refractivity contribution in [2.45, 2.75) is 44.3 Å². The molecule has 1 aromatic carbocycles. The number of nitrogens with one attached hydrogen (secondary N) is 3. The van der Waals surface area contributed by atoms with Crippen LogP contribution < -0.4 is 20.9 Å². The summed E-state index contributed by atoms with van der Waals surface area (Å²) in [5, 5.41) is 8.93. The van der Waals surface area contributed by atoms with E-state index < -0.39 is 35.8 Å². The van der Waals surface area contributed by atoms with Gasteiger partial charge in [0.15, 0.2) is 0 Å². The van der Waals surface area contributed by atoms with E-state index in [-0.39, 0.29) is 61.2 Å². The lowest BCUT2D eigenvalue weighted by Crippen LogP contribution is -2.52. The molecule has 3 amide bonds. The monoisotopic (exact) mass is 586 g/mol. The maximum absolute atomic E-state index is 13.5. The van der Waals surface area contributed by atoms with Gasteiger partial charge in [-0.2, -0.15) is 13.2 Å². The molecular weight excluding hydrogens is 556 g/mol. The first-order chi connectivity index (χ1) is 19.0. The fraction of sp³-hybridized carbons (Fsp3) is 0.577. The number of rotatable bonds is 5. The predicted molar refractivity (Wildman–Crippen MR) is 138 cm³/mol. The topological polar surface area (TPSA) is 97.0 Å². The van der Waals surface area contributed by atoms with Gasteiger partial charge in [-0.15, -0.1) is 0 Å². The van der Waals surface area contributed by atoms with E-state index in [0.29, 0.717) is 44.3 Å². The molecule has 0 atom stereocenters. The number of anilines is 1. The zero-order valence-corrected chi connectivity index (χ0v) is 22.5. The number of alkyl halides is 3. The number of amides is 3. The first kappa shape index (κ1) is 28.5. The molecule has 1 saturated carbocycles. The minimum atomic E-state index is -4.30. The summed E-state index contributed by atoms with van der Waals surface area (Å²) < 4.78 is 51.5. The van der Waals surface area contributed by atoms with Crippen molar-refractivity contribution in [3.63, 3.8) is 0 Å². The Hall–Kier alpha value is -3.06. The first-order valence-electron chi connectivity index (χ1n) is 13.3. The van der Waals surface area contributed by atoms with E-state index in [0.717, 1.165) is 0 Å². The molecule has 5 rings (SSSR count). The van der Waals surface area contributed by atoms with Gasteiger partial charge in [0, 0.05) is 38.8 Å². The van der Waals surface area contributed by atoms with Crippen molar-refractivity contribution in [1.82, 2.24) is 25.8 Å². The van der Waals surface area contributed by atoms with Crippen LogP contribution in [-0.4, -0.2) is 85.7 Å². The first-order valence-corrected chi connectivity index (χ1v) is 13.7. The normalized spacial score (nSPS) is 25.8. The fourth-order valence-corrected chi connectivity index (χ4v) is 6.35. The number of carbonyl (C=O) groups excluding carboxylic acids is 3. The molecule has 218 valence electrons. The molecule has 3 fully saturated rings. The van der Waals surface area contributed by atoms with Crippen LogP contribution in [0.5, 0.6) is 0 Å². The summed E-state index contributed by atoms with van der Waals surface area (Å²) in [6.45, 7) is 0.114. The third kappa shape index (κ3) is 5.85. The summed E-state index contributed by atoms with van der Waals surface area (Å²) in [6, 6.07) is 3.79. The molecule has 14 heteroatoms. The number of piperazine rings is 1. The Morgan fingerprint density at radius 3 is 2.35 bits per heavy atom. The molecule has 0 bridgehead atoms. The molecule has 0 unspecified atom stereocenters. The molecule has 9 nitrogen and oxygen atoms in total. The molecule has 1 spiro atoms. The zero-order chi connectivity index (χ0) is 28.7. The summed E-state index contributed by atoms with van der Waals surface area (Å²) >= 11 is 6.19. The Kier molecular flexibility index (Phi) is 7.88. The highest BCUT2D eigenvalue weighted by molar-refractivity contribution is 6.34. The second-order valence-corrected chi connectivity index (χ2v) is 11.2. The van der Waals surface area contributed by atoms with Crippen molar-refractivity contribution in [2.24, 2.45) is 5.41 Å². The maximum atomic E-state index is 13.5. The number of hydrogen-bond acceptors (Lipinski definition) is 6. The second-order valence-electron chi connectivity index (χ2n) is 10.8. The Bertz CT molecular complexity index is 1210. The molecule has 1 aliphatic carbocycles. The summed E-state index contributed by atoms with van der Waals surface area (Å²) in [7, 11) is 0. The van der Waals surface area contributed by atoms with E-state index in [1.54, 1.807) is 4.90 Å². The van der Waals surface area contributed by atoms with Crippen molar-refractivity contribution < 1.29 is 31.9 Å². The van der Waals surface area contributed by atoms with Crippen molar-refractivity contribution >= 4 is 35.0 Å². The van der Waals surface area contributed by atoms with Crippen LogP contribution in [-0.2, 0) is 14.4 Å². The molecular formula is C26H31ClF4N6O3. The molecule has 3 heterocycles. The van der Waals surface area contributed by atoms with Crippen LogP contribution in [0, 0.1) is 11.2 Å². The van der Waals surface area contributed by atoms with Crippen LogP contribution in [0.25, 0.3) is 0 Å². The average Bonchev–Trinajstić information content (AvgIpc) is 3.51. The van der Waals surface area contributed by atoms with Crippen LogP contribution in [0.2, 0.25) is 5.02 Å². The Labute approximate surface area is 233 Å². The van der Waals surface area contributed by atoms with Gasteiger partial charge >= 0.3 is 6.18 Å². The summed E-state index contributed by atoms with van der Waals surface area (Å²) in [5.41, 5.74) is 0.149. The van der Waals surface area contributed by atoms with E-state index in [1.165, 1.54) is 28.0 Å². The Morgan fingerprint density at radius 2 is 1.70 bits per heavy atom. The third-order valence-corrected chi connectivity index (χ3v) is 8.58. The SMILES string of the molecule is O=C(N[C@H]1CC[C@@]2(CCN(c3ccc(F)cc3Cl)C2=O)CC1)C1=C(C(=O)N2CCN(CC(F)(F)F)CC2)NCN1. The van der Waals surface area contributed by atoms with Gasteiger partial charge < -0.3 is 25.8 Å². The molecule has 1 aromatic rings. The second kappa shape index (κ2) is 11.1. The van der Waals surface area contributed by atoms with Crippen molar-refractivity contribution in [1.29, 1.82) is 0 Å². The molecule has 0 aromatic heterocycles. The van der Waals surface area contributed by atoms with Crippen molar-refractivity contribution in [3.05, 3.63) is 40.4 Å². The van der Waals surface area contributed by atoms with E-state index in [2.05, 4.69) is 16.0 Å². The van der Waals surface area contributed by atoms with Gasteiger partial charge in [0.05, 0.1) is 29.3 Å². The minimum absolute atomic E-state index is 0.0432. The number of nitrogens with zero attached hydrogens (tertiary/aromatic N) is 3. The Balaban J connectivity index is 1.16. The van der Waals surface area contributed by atoms with Gasteiger partial charge in [-0.25, -0.2) is 4.39 Å². The van der Waals surface area contributed by atoms with Gasteiger partial charge in [-0.1, -0.05) is 11.6 Å². The zero-order valence-electron chi connectivity index (χ0n) is 21.8. The van der Waals surface area contributed by atoms with Crippen LogP contribution in [0.3, 0.4) is 0 Å². The van der Waals surface area contributed by atoms with Crippen LogP contribution in [0.15, 0.2) is 29.6 Å². The van der Waals surface area contributed by atoms with Crippen LogP contribution >= 0.6 is 11.6 Å². The number of benzene rings is 1. The van der Waals surface area contributed by atoms with Crippen LogP contribution in [0.4, 0.5) is 23.2 Å². The van der Waals surface area contributed by atoms with Gasteiger partial charge in [-0.3, -0.25) is 19.3 Å². The lowest BCUT2D eigenvalue weighted by molar-refractivity contribution is -0.151. The van der Waals surface area contributed by atoms with E-state index >= 15 is 0 Å². The third-order valence-electron chi connectivity index (χ3n) is 8.27. The highest BCUT2D eigenvalue weighted by Gasteiger charge is 2.49. The molecule has 0 radical (unpaired) electrons.